The van der Waals surface area contributed by atoms with E-state index in [9.17, 15) is 4.79 Å². The summed E-state index contributed by atoms with van der Waals surface area (Å²) in [6, 6.07) is 0. The molecule has 1 aromatic heterocycles. The topological polar surface area (TPSA) is 73.1 Å². The summed E-state index contributed by atoms with van der Waals surface area (Å²) in [6.07, 6.45) is 5.00. The summed E-state index contributed by atoms with van der Waals surface area (Å²) in [7, 11) is 3.67. The number of amides is 1. The van der Waals surface area contributed by atoms with E-state index in [-0.39, 0.29) is 12.0 Å². The molecule has 1 unspecified atom stereocenters. The molecule has 1 aliphatic heterocycles. The van der Waals surface area contributed by atoms with Gasteiger partial charge in [0.05, 0.1) is 6.10 Å². The van der Waals surface area contributed by atoms with Gasteiger partial charge in [0.2, 0.25) is 11.1 Å². The van der Waals surface area contributed by atoms with Crippen LogP contribution in [0, 0.1) is 0 Å². The van der Waals surface area contributed by atoms with Gasteiger partial charge < -0.3 is 9.64 Å². The van der Waals surface area contributed by atoms with Gasteiger partial charge in [0.15, 0.2) is 0 Å². The Kier molecular flexibility index (Phi) is 6.44. The fourth-order valence-electron chi connectivity index (χ4n) is 2.28. The summed E-state index contributed by atoms with van der Waals surface area (Å²) >= 11 is 1.57. The van der Waals surface area contributed by atoms with Crippen LogP contribution in [0.2, 0.25) is 0 Å². The van der Waals surface area contributed by atoms with E-state index in [1.165, 1.54) is 6.42 Å². The molecule has 0 aromatic carbocycles. The van der Waals surface area contributed by atoms with Crippen LogP contribution in [0.4, 0.5) is 0 Å². The van der Waals surface area contributed by atoms with E-state index >= 15 is 0 Å². The molecular formula is C13H23N5O2S. The predicted octanol–water partition coefficient (Wildman–Crippen LogP) is 1.11. The highest BCUT2D eigenvalue weighted by atomic mass is 32.2. The normalized spacial score (nSPS) is 18.7. The second-order valence-corrected chi connectivity index (χ2v) is 6.36. The zero-order valence-corrected chi connectivity index (χ0v) is 13.5. The maximum absolute atomic E-state index is 12.1. The summed E-state index contributed by atoms with van der Waals surface area (Å²) in [5.41, 5.74) is 0. The van der Waals surface area contributed by atoms with Crippen LogP contribution in [0.5, 0.6) is 0 Å². The summed E-state index contributed by atoms with van der Waals surface area (Å²) < 4.78 is 7.30. The largest absolute Gasteiger partial charge is 0.376 e. The summed E-state index contributed by atoms with van der Waals surface area (Å²) in [6.45, 7) is 1.54. The highest BCUT2D eigenvalue weighted by Gasteiger charge is 2.18. The molecule has 1 fully saturated rings. The number of aromatic nitrogens is 4. The number of tetrazole rings is 1. The van der Waals surface area contributed by atoms with E-state index < -0.39 is 0 Å². The third kappa shape index (κ3) is 5.28. The average Bonchev–Trinajstić information content (AvgIpc) is 2.90. The van der Waals surface area contributed by atoms with Crippen molar-refractivity contribution in [1.29, 1.82) is 0 Å². The fourth-order valence-corrected chi connectivity index (χ4v) is 3.07. The third-order valence-corrected chi connectivity index (χ3v) is 4.62. The minimum absolute atomic E-state index is 0.181. The van der Waals surface area contributed by atoms with Crippen LogP contribution in [0.3, 0.4) is 0 Å². The lowest BCUT2D eigenvalue weighted by Crippen LogP contribution is -2.37. The Morgan fingerprint density at radius 3 is 3.05 bits per heavy atom. The van der Waals surface area contributed by atoms with E-state index in [1.807, 2.05) is 14.1 Å². The molecule has 1 aromatic rings. The lowest BCUT2D eigenvalue weighted by molar-refractivity contribution is -0.132. The van der Waals surface area contributed by atoms with Gasteiger partial charge in [-0.05, 0) is 36.1 Å². The number of hydrogen-bond acceptors (Lipinski definition) is 6. The SMILES string of the molecule is CN(CC1CCCCO1)C(=O)CCCSc1nnnn1C. The first-order valence-electron chi connectivity index (χ1n) is 7.37. The maximum Gasteiger partial charge on any atom is 0.222 e. The molecule has 0 saturated carbocycles. The molecule has 0 radical (unpaired) electrons. The quantitative estimate of drug-likeness (QED) is 0.554. The van der Waals surface area contributed by atoms with Gasteiger partial charge in [0.25, 0.3) is 0 Å². The van der Waals surface area contributed by atoms with Gasteiger partial charge in [-0.3, -0.25) is 4.79 Å². The summed E-state index contributed by atoms with van der Waals surface area (Å²) in [5, 5.41) is 12.0. The highest BCUT2D eigenvalue weighted by molar-refractivity contribution is 7.99. The van der Waals surface area contributed by atoms with Crippen molar-refractivity contribution in [3.05, 3.63) is 0 Å². The molecule has 0 spiro atoms. The number of rotatable bonds is 7. The summed E-state index contributed by atoms with van der Waals surface area (Å²) in [5.74, 6) is 1.02. The smallest absolute Gasteiger partial charge is 0.222 e. The number of aryl methyl sites for hydroxylation is 1. The van der Waals surface area contributed by atoms with Crippen molar-refractivity contribution >= 4 is 17.7 Å². The van der Waals surface area contributed by atoms with Crippen LogP contribution in [0.1, 0.15) is 32.1 Å². The van der Waals surface area contributed by atoms with Gasteiger partial charge in [-0.15, -0.1) is 5.10 Å². The van der Waals surface area contributed by atoms with Gasteiger partial charge in [0, 0.05) is 39.4 Å². The van der Waals surface area contributed by atoms with E-state index in [0.29, 0.717) is 13.0 Å². The van der Waals surface area contributed by atoms with Gasteiger partial charge in [-0.1, -0.05) is 11.8 Å². The molecule has 118 valence electrons. The first-order valence-corrected chi connectivity index (χ1v) is 8.36. The van der Waals surface area contributed by atoms with Gasteiger partial charge in [-0.25, -0.2) is 4.68 Å². The Bertz CT molecular complexity index is 448. The molecule has 1 aliphatic rings. The molecule has 2 heterocycles. The molecular weight excluding hydrogens is 290 g/mol. The number of likely N-dealkylation sites (N-methyl/N-ethyl adjacent to an activating group) is 1. The Morgan fingerprint density at radius 1 is 1.52 bits per heavy atom. The molecule has 1 amide bonds. The monoisotopic (exact) mass is 313 g/mol. The minimum atomic E-state index is 0.181. The van der Waals surface area contributed by atoms with Crippen molar-refractivity contribution < 1.29 is 9.53 Å². The fraction of sp³-hybridized carbons (Fsp3) is 0.846. The van der Waals surface area contributed by atoms with Crippen LogP contribution in [0.25, 0.3) is 0 Å². The van der Waals surface area contributed by atoms with E-state index in [2.05, 4.69) is 15.5 Å². The average molecular weight is 313 g/mol. The molecule has 0 aliphatic carbocycles. The predicted molar refractivity (Wildman–Crippen MR) is 80.0 cm³/mol. The number of nitrogens with zero attached hydrogens (tertiary/aromatic N) is 5. The number of hydrogen-bond donors (Lipinski definition) is 0. The number of carbonyl (C=O) groups is 1. The molecule has 1 atom stereocenters. The molecule has 8 heteroatoms. The van der Waals surface area contributed by atoms with E-state index in [1.54, 1.807) is 21.3 Å². The second-order valence-electron chi connectivity index (χ2n) is 5.30. The summed E-state index contributed by atoms with van der Waals surface area (Å²) in [4.78, 5) is 13.9. The molecule has 0 N–H and O–H groups in total. The van der Waals surface area contributed by atoms with Crippen LogP contribution >= 0.6 is 11.8 Å². The van der Waals surface area contributed by atoms with Crippen molar-refractivity contribution in [2.45, 2.75) is 43.4 Å². The van der Waals surface area contributed by atoms with Crippen LogP contribution < -0.4 is 0 Å². The standard InChI is InChI=1S/C13H23N5O2S/c1-17(10-11-6-3-4-8-20-11)12(19)7-5-9-21-13-14-15-16-18(13)2/h11H,3-10H2,1-2H3. The van der Waals surface area contributed by atoms with Crippen molar-refractivity contribution in [3.63, 3.8) is 0 Å². The van der Waals surface area contributed by atoms with Gasteiger partial charge >= 0.3 is 0 Å². The Hall–Kier alpha value is -1.15. The minimum Gasteiger partial charge on any atom is -0.376 e. The maximum atomic E-state index is 12.1. The first-order chi connectivity index (χ1) is 10.2. The lowest BCUT2D eigenvalue weighted by atomic mass is 10.1. The first kappa shape index (κ1) is 16.2. The van der Waals surface area contributed by atoms with Crippen LogP contribution in [0.15, 0.2) is 5.16 Å². The molecule has 21 heavy (non-hydrogen) atoms. The molecule has 2 rings (SSSR count). The second kappa shape index (κ2) is 8.33. The van der Waals surface area contributed by atoms with Crippen molar-refractivity contribution in [1.82, 2.24) is 25.1 Å². The zero-order valence-electron chi connectivity index (χ0n) is 12.7. The highest BCUT2D eigenvalue weighted by Crippen LogP contribution is 2.16. The number of ether oxygens (including phenoxy) is 1. The van der Waals surface area contributed by atoms with Gasteiger partial charge in [-0.2, -0.15) is 0 Å². The Labute approximate surface area is 129 Å². The van der Waals surface area contributed by atoms with E-state index in [4.69, 9.17) is 4.74 Å². The zero-order chi connectivity index (χ0) is 15.1. The van der Waals surface area contributed by atoms with Crippen LogP contribution in [-0.4, -0.2) is 63.1 Å². The van der Waals surface area contributed by atoms with E-state index in [0.717, 1.165) is 36.8 Å². The van der Waals surface area contributed by atoms with Crippen molar-refractivity contribution in [2.24, 2.45) is 7.05 Å². The molecule has 1 saturated heterocycles. The van der Waals surface area contributed by atoms with Crippen molar-refractivity contribution in [2.75, 3.05) is 26.0 Å². The van der Waals surface area contributed by atoms with Crippen LogP contribution in [-0.2, 0) is 16.6 Å². The Morgan fingerprint density at radius 2 is 2.38 bits per heavy atom. The van der Waals surface area contributed by atoms with Crippen molar-refractivity contribution in [3.8, 4) is 0 Å². The number of thioether (sulfide) groups is 1. The number of carbonyl (C=O) groups excluding carboxylic acids is 1. The van der Waals surface area contributed by atoms with Gasteiger partial charge in [0.1, 0.15) is 0 Å². The molecule has 0 bridgehead atoms. The third-order valence-electron chi connectivity index (χ3n) is 3.52. The lowest BCUT2D eigenvalue weighted by Gasteiger charge is -2.27. The molecule has 7 nitrogen and oxygen atoms in total. The Balaban J connectivity index is 1.61.